The number of aryl methyl sites for hydroxylation is 1. The average molecular weight is 341 g/mol. The number of hydrogen-bond donors (Lipinski definition) is 1. The quantitative estimate of drug-likeness (QED) is 0.733. The van der Waals surface area contributed by atoms with E-state index in [0.717, 1.165) is 23.2 Å². The average Bonchev–Trinajstić information content (AvgIpc) is 3.21. The normalized spacial score (nSPS) is 14.5. The molecule has 0 atom stereocenters. The Balaban J connectivity index is 1.91. The van der Waals surface area contributed by atoms with Gasteiger partial charge in [-0.1, -0.05) is 53.0 Å². The minimum Gasteiger partial charge on any atom is -0.310 e. The van der Waals surface area contributed by atoms with Gasteiger partial charge in [0, 0.05) is 23.2 Å². The summed E-state index contributed by atoms with van der Waals surface area (Å²) >= 11 is 18.6. The minimum absolute atomic E-state index is 0.552. The summed E-state index contributed by atoms with van der Waals surface area (Å²) in [5.74, 6) is 0. The van der Waals surface area contributed by atoms with Crippen molar-refractivity contribution in [3.05, 3.63) is 56.5 Å². The van der Waals surface area contributed by atoms with E-state index in [1.165, 1.54) is 18.4 Å². The van der Waals surface area contributed by atoms with Crippen LogP contribution in [0, 0.1) is 6.92 Å². The Morgan fingerprint density at radius 1 is 1.05 bits per heavy atom. The van der Waals surface area contributed by atoms with Crippen LogP contribution >= 0.6 is 34.8 Å². The van der Waals surface area contributed by atoms with Gasteiger partial charge in [0.1, 0.15) is 0 Å². The fourth-order valence-corrected chi connectivity index (χ4v) is 3.49. The summed E-state index contributed by atoms with van der Waals surface area (Å²) in [5, 5.41) is 5.24. The van der Waals surface area contributed by atoms with Gasteiger partial charge < -0.3 is 5.32 Å². The van der Waals surface area contributed by atoms with E-state index in [-0.39, 0.29) is 0 Å². The van der Waals surface area contributed by atoms with E-state index >= 15 is 0 Å². The molecular formula is C17H16Cl3N. The van der Waals surface area contributed by atoms with Crippen LogP contribution in [-0.4, -0.2) is 6.04 Å². The fourth-order valence-electron chi connectivity index (χ4n) is 2.47. The monoisotopic (exact) mass is 339 g/mol. The molecule has 1 N–H and O–H groups in total. The van der Waals surface area contributed by atoms with Gasteiger partial charge in [0.2, 0.25) is 0 Å². The van der Waals surface area contributed by atoms with Gasteiger partial charge >= 0.3 is 0 Å². The van der Waals surface area contributed by atoms with Crippen molar-refractivity contribution in [2.24, 2.45) is 0 Å². The molecule has 1 saturated carbocycles. The largest absolute Gasteiger partial charge is 0.310 e. The van der Waals surface area contributed by atoms with Gasteiger partial charge in [0.05, 0.1) is 10.0 Å². The first-order valence-corrected chi connectivity index (χ1v) is 8.16. The van der Waals surface area contributed by atoms with E-state index in [0.29, 0.717) is 21.1 Å². The molecule has 0 heterocycles. The Hall–Kier alpha value is -0.730. The predicted octanol–water partition coefficient (Wildman–Crippen LogP) is 5.87. The van der Waals surface area contributed by atoms with Gasteiger partial charge in [-0.2, -0.15) is 0 Å². The maximum atomic E-state index is 6.31. The smallest absolute Gasteiger partial charge is 0.0514 e. The summed E-state index contributed by atoms with van der Waals surface area (Å²) in [7, 11) is 0. The molecule has 21 heavy (non-hydrogen) atoms. The molecule has 0 unspecified atom stereocenters. The lowest BCUT2D eigenvalue weighted by molar-refractivity contribution is 0.687. The van der Waals surface area contributed by atoms with Gasteiger partial charge in [0.25, 0.3) is 0 Å². The lowest BCUT2D eigenvalue weighted by Crippen LogP contribution is -2.15. The molecule has 110 valence electrons. The molecule has 0 bridgehead atoms. The first-order valence-electron chi connectivity index (χ1n) is 7.02. The molecule has 3 rings (SSSR count). The van der Waals surface area contributed by atoms with E-state index in [9.17, 15) is 0 Å². The molecular weight excluding hydrogens is 325 g/mol. The van der Waals surface area contributed by atoms with Crippen LogP contribution in [0.25, 0.3) is 11.1 Å². The second kappa shape index (κ2) is 6.18. The Bertz CT molecular complexity index is 655. The van der Waals surface area contributed by atoms with Crippen molar-refractivity contribution < 1.29 is 0 Å². The van der Waals surface area contributed by atoms with Crippen molar-refractivity contribution >= 4 is 34.8 Å². The van der Waals surface area contributed by atoms with Crippen LogP contribution in [-0.2, 0) is 6.54 Å². The number of benzene rings is 2. The van der Waals surface area contributed by atoms with Crippen LogP contribution in [0.1, 0.15) is 24.0 Å². The molecule has 0 radical (unpaired) electrons. The third kappa shape index (κ3) is 3.54. The summed E-state index contributed by atoms with van der Waals surface area (Å²) in [6.45, 7) is 2.99. The van der Waals surface area contributed by atoms with Gasteiger partial charge in [0.15, 0.2) is 0 Å². The molecule has 1 fully saturated rings. The van der Waals surface area contributed by atoms with Crippen molar-refractivity contribution in [2.75, 3.05) is 0 Å². The van der Waals surface area contributed by atoms with E-state index < -0.39 is 0 Å². The predicted molar refractivity (Wildman–Crippen MR) is 91.5 cm³/mol. The lowest BCUT2D eigenvalue weighted by atomic mass is 9.98. The molecule has 0 aromatic heterocycles. The summed E-state index contributed by atoms with van der Waals surface area (Å²) in [6.07, 6.45) is 2.60. The van der Waals surface area contributed by atoms with Crippen LogP contribution in [0.2, 0.25) is 15.1 Å². The van der Waals surface area contributed by atoms with Crippen LogP contribution in [0.15, 0.2) is 30.3 Å². The molecule has 0 aliphatic heterocycles. The molecule has 4 heteroatoms. The maximum Gasteiger partial charge on any atom is 0.0514 e. The molecule has 2 aromatic rings. The second-order valence-corrected chi connectivity index (χ2v) is 6.80. The zero-order valence-electron chi connectivity index (χ0n) is 11.7. The van der Waals surface area contributed by atoms with Crippen LogP contribution in [0.3, 0.4) is 0 Å². The number of halogens is 3. The fraction of sp³-hybridized carbons (Fsp3) is 0.294. The number of hydrogen-bond acceptors (Lipinski definition) is 1. The van der Waals surface area contributed by atoms with E-state index in [1.54, 1.807) is 12.1 Å². The minimum atomic E-state index is 0.552. The van der Waals surface area contributed by atoms with Crippen LogP contribution in [0.4, 0.5) is 0 Å². The third-order valence-corrected chi connectivity index (χ3v) is 4.55. The summed E-state index contributed by atoms with van der Waals surface area (Å²) in [5.41, 5.74) is 4.35. The molecule has 0 amide bonds. The number of nitrogens with one attached hydrogen (secondary N) is 1. The van der Waals surface area contributed by atoms with Crippen LogP contribution < -0.4 is 5.32 Å². The summed E-state index contributed by atoms with van der Waals surface area (Å²) < 4.78 is 0. The SMILES string of the molecule is Cc1cc(CNC2CC2)ccc1-c1c(Cl)cc(Cl)cc1Cl. The zero-order chi connectivity index (χ0) is 15.0. The molecule has 0 saturated heterocycles. The summed E-state index contributed by atoms with van der Waals surface area (Å²) in [6, 6.07) is 10.6. The van der Waals surface area contributed by atoms with E-state index in [2.05, 4.69) is 30.4 Å². The van der Waals surface area contributed by atoms with E-state index in [4.69, 9.17) is 34.8 Å². The van der Waals surface area contributed by atoms with Crippen molar-refractivity contribution in [3.8, 4) is 11.1 Å². The third-order valence-electron chi connectivity index (χ3n) is 3.74. The molecule has 1 aliphatic rings. The molecule has 0 spiro atoms. The first-order chi connectivity index (χ1) is 10.0. The van der Waals surface area contributed by atoms with Crippen molar-refractivity contribution in [2.45, 2.75) is 32.4 Å². The van der Waals surface area contributed by atoms with Gasteiger partial charge in [-0.05, 0) is 48.6 Å². The molecule has 1 nitrogen and oxygen atoms in total. The standard InChI is InChI=1S/C17H16Cl3N/c1-10-6-11(9-21-13-3-4-13)2-5-14(10)17-15(19)7-12(18)8-16(17)20/h2,5-8,13,21H,3-4,9H2,1H3. The zero-order valence-corrected chi connectivity index (χ0v) is 14.0. The Morgan fingerprint density at radius 2 is 1.71 bits per heavy atom. The van der Waals surface area contributed by atoms with Gasteiger partial charge in [-0.3, -0.25) is 0 Å². The topological polar surface area (TPSA) is 12.0 Å². The number of rotatable bonds is 4. The molecule has 1 aliphatic carbocycles. The highest BCUT2D eigenvalue weighted by Crippen LogP contribution is 2.38. The van der Waals surface area contributed by atoms with Gasteiger partial charge in [-0.25, -0.2) is 0 Å². The second-order valence-electron chi connectivity index (χ2n) is 5.55. The highest BCUT2D eigenvalue weighted by molar-refractivity contribution is 6.41. The highest BCUT2D eigenvalue weighted by Gasteiger charge is 2.20. The van der Waals surface area contributed by atoms with E-state index in [1.807, 2.05) is 0 Å². The summed E-state index contributed by atoms with van der Waals surface area (Å²) in [4.78, 5) is 0. The first kappa shape index (κ1) is 15.2. The van der Waals surface area contributed by atoms with Crippen molar-refractivity contribution in [1.82, 2.24) is 5.32 Å². The van der Waals surface area contributed by atoms with Crippen LogP contribution in [0.5, 0.6) is 0 Å². The Labute approximate surface area is 140 Å². The van der Waals surface area contributed by atoms with Gasteiger partial charge in [-0.15, -0.1) is 0 Å². The Kier molecular flexibility index (Phi) is 4.46. The van der Waals surface area contributed by atoms with Crippen molar-refractivity contribution in [3.63, 3.8) is 0 Å². The van der Waals surface area contributed by atoms with Crippen molar-refractivity contribution in [1.29, 1.82) is 0 Å². The maximum absolute atomic E-state index is 6.31. The molecule has 2 aromatic carbocycles. The Morgan fingerprint density at radius 3 is 2.29 bits per heavy atom. The lowest BCUT2D eigenvalue weighted by Gasteiger charge is -2.13. The highest BCUT2D eigenvalue weighted by atomic mass is 35.5.